The molecular formula is C20H26N4O. The first-order valence-electron chi connectivity index (χ1n) is 8.93. The Hall–Kier alpha value is -2.56. The minimum atomic E-state index is -0.239. The Morgan fingerprint density at radius 2 is 1.88 bits per heavy atom. The molecule has 3 rings (SSSR count). The zero-order valence-corrected chi connectivity index (χ0v) is 15.0. The van der Waals surface area contributed by atoms with Crippen LogP contribution in [0.25, 0.3) is 0 Å². The summed E-state index contributed by atoms with van der Waals surface area (Å²) in [4.78, 5) is 12.1. The molecule has 0 bridgehead atoms. The number of amides is 1. The third-order valence-electron chi connectivity index (χ3n) is 5.01. The number of aryl methyl sites for hydroxylation is 1. The van der Waals surface area contributed by atoms with Gasteiger partial charge in [-0.05, 0) is 57.0 Å². The molecule has 3 N–H and O–H groups in total. The largest absolute Gasteiger partial charge is 0.399 e. The van der Waals surface area contributed by atoms with Crippen molar-refractivity contribution in [1.82, 2.24) is 9.99 Å². The molecule has 0 unspecified atom stereocenters. The highest BCUT2D eigenvalue weighted by Gasteiger charge is 2.19. The van der Waals surface area contributed by atoms with Gasteiger partial charge < -0.3 is 10.3 Å². The standard InChI is InChI=1S/C20H26N4O/c1-14-12-17(15(2)24(14)19-6-4-3-5-7-19)13-22-23-20(25)16-8-10-18(21)11-9-16/h8-13,19H,3-7,21H2,1-2H3,(H,23,25)/b22-13-. The van der Waals surface area contributed by atoms with Crippen LogP contribution < -0.4 is 11.2 Å². The number of hydrogen-bond donors (Lipinski definition) is 2. The van der Waals surface area contributed by atoms with Crippen molar-refractivity contribution in [3.05, 3.63) is 52.8 Å². The number of anilines is 1. The zero-order chi connectivity index (χ0) is 17.8. The fourth-order valence-electron chi connectivity index (χ4n) is 3.69. The molecular weight excluding hydrogens is 312 g/mol. The highest BCUT2D eigenvalue weighted by Crippen LogP contribution is 2.31. The van der Waals surface area contributed by atoms with Gasteiger partial charge >= 0.3 is 0 Å². The van der Waals surface area contributed by atoms with E-state index in [2.05, 4.69) is 35.0 Å². The summed E-state index contributed by atoms with van der Waals surface area (Å²) in [7, 11) is 0. The lowest BCUT2D eigenvalue weighted by Crippen LogP contribution is -2.17. The molecule has 132 valence electrons. The van der Waals surface area contributed by atoms with Crippen LogP contribution in [0.1, 0.15) is 65.5 Å². The van der Waals surface area contributed by atoms with Gasteiger partial charge in [-0.25, -0.2) is 5.43 Å². The molecule has 5 heteroatoms. The van der Waals surface area contributed by atoms with Gasteiger partial charge in [-0.1, -0.05) is 19.3 Å². The van der Waals surface area contributed by atoms with E-state index >= 15 is 0 Å². The van der Waals surface area contributed by atoms with E-state index in [0.717, 1.165) is 5.56 Å². The predicted octanol–water partition coefficient (Wildman–Crippen LogP) is 3.96. The molecule has 0 atom stereocenters. The van der Waals surface area contributed by atoms with Crippen molar-refractivity contribution >= 4 is 17.8 Å². The Bertz CT molecular complexity index is 768. The van der Waals surface area contributed by atoms with Crippen LogP contribution in [0.15, 0.2) is 35.4 Å². The monoisotopic (exact) mass is 338 g/mol. The van der Waals surface area contributed by atoms with E-state index in [-0.39, 0.29) is 5.91 Å². The fraction of sp³-hybridized carbons (Fsp3) is 0.400. The maximum atomic E-state index is 12.1. The Morgan fingerprint density at radius 3 is 2.56 bits per heavy atom. The van der Waals surface area contributed by atoms with Gasteiger partial charge in [-0.3, -0.25) is 4.79 Å². The molecule has 1 heterocycles. The van der Waals surface area contributed by atoms with Crippen LogP contribution in [0.2, 0.25) is 0 Å². The molecule has 5 nitrogen and oxygen atoms in total. The fourth-order valence-corrected chi connectivity index (χ4v) is 3.69. The lowest BCUT2D eigenvalue weighted by atomic mass is 9.95. The van der Waals surface area contributed by atoms with E-state index in [1.54, 1.807) is 30.5 Å². The highest BCUT2D eigenvalue weighted by molar-refractivity contribution is 5.95. The van der Waals surface area contributed by atoms with Crippen LogP contribution in [0, 0.1) is 13.8 Å². The zero-order valence-electron chi connectivity index (χ0n) is 15.0. The van der Waals surface area contributed by atoms with Crippen LogP contribution in [-0.2, 0) is 0 Å². The molecule has 0 aliphatic heterocycles. The van der Waals surface area contributed by atoms with Crippen molar-refractivity contribution in [2.45, 2.75) is 52.0 Å². The van der Waals surface area contributed by atoms with E-state index in [1.165, 1.54) is 43.5 Å². The van der Waals surface area contributed by atoms with Crippen LogP contribution >= 0.6 is 0 Å². The number of benzene rings is 1. The number of rotatable bonds is 4. The summed E-state index contributed by atoms with van der Waals surface area (Å²) < 4.78 is 2.43. The number of carbonyl (C=O) groups is 1. The molecule has 1 amide bonds. The van der Waals surface area contributed by atoms with Crippen LogP contribution in [0.3, 0.4) is 0 Å². The van der Waals surface area contributed by atoms with Crippen molar-refractivity contribution in [3.8, 4) is 0 Å². The summed E-state index contributed by atoms with van der Waals surface area (Å²) in [5, 5.41) is 4.13. The van der Waals surface area contributed by atoms with E-state index < -0.39 is 0 Å². The molecule has 1 aromatic heterocycles. The third-order valence-corrected chi connectivity index (χ3v) is 5.01. The number of nitrogen functional groups attached to an aromatic ring is 1. The first kappa shape index (κ1) is 17.3. The van der Waals surface area contributed by atoms with Gasteiger partial charge in [0.1, 0.15) is 0 Å². The van der Waals surface area contributed by atoms with E-state index in [4.69, 9.17) is 5.73 Å². The Morgan fingerprint density at radius 1 is 1.20 bits per heavy atom. The smallest absolute Gasteiger partial charge is 0.271 e. The quantitative estimate of drug-likeness (QED) is 0.503. The second-order valence-electron chi connectivity index (χ2n) is 6.81. The number of nitrogens with two attached hydrogens (primary N) is 1. The van der Waals surface area contributed by atoms with Gasteiger partial charge in [-0.15, -0.1) is 0 Å². The second-order valence-corrected chi connectivity index (χ2v) is 6.81. The summed E-state index contributed by atoms with van der Waals surface area (Å²) >= 11 is 0. The summed E-state index contributed by atoms with van der Waals surface area (Å²) in [6, 6.07) is 9.53. The summed E-state index contributed by atoms with van der Waals surface area (Å²) in [6.07, 6.45) is 8.20. The number of nitrogens with zero attached hydrogens (tertiary/aromatic N) is 2. The summed E-state index contributed by atoms with van der Waals surface area (Å²) in [5.74, 6) is -0.239. The molecule has 0 spiro atoms. The lowest BCUT2D eigenvalue weighted by molar-refractivity contribution is 0.0955. The van der Waals surface area contributed by atoms with Crippen molar-refractivity contribution in [1.29, 1.82) is 0 Å². The second kappa shape index (κ2) is 7.55. The number of carbonyl (C=O) groups excluding carboxylic acids is 1. The minimum absolute atomic E-state index is 0.239. The topological polar surface area (TPSA) is 72.4 Å². The molecule has 1 aliphatic carbocycles. The highest BCUT2D eigenvalue weighted by atomic mass is 16.2. The van der Waals surface area contributed by atoms with Gasteiger partial charge in [0.2, 0.25) is 0 Å². The summed E-state index contributed by atoms with van der Waals surface area (Å²) in [5.41, 5.74) is 12.9. The molecule has 2 aromatic rings. The van der Waals surface area contributed by atoms with Crippen molar-refractivity contribution in [2.75, 3.05) is 5.73 Å². The number of hydrazone groups is 1. The average Bonchev–Trinajstić information content (AvgIpc) is 2.90. The third kappa shape index (κ3) is 3.92. The minimum Gasteiger partial charge on any atom is -0.399 e. The Kier molecular flexibility index (Phi) is 5.22. The van der Waals surface area contributed by atoms with Crippen LogP contribution in [0.5, 0.6) is 0 Å². The molecule has 0 saturated heterocycles. The number of nitrogens with one attached hydrogen (secondary N) is 1. The molecule has 1 saturated carbocycles. The molecule has 1 aromatic carbocycles. The van der Waals surface area contributed by atoms with Gasteiger partial charge in [0.05, 0.1) is 6.21 Å². The Labute approximate surface area is 148 Å². The summed E-state index contributed by atoms with van der Waals surface area (Å²) in [6.45, 7) is 4.27. The van der Waals surface area contributed by atoms with E-state index in [1.807, 2.05) is 0 Å². The SMILES string of the molecule is Cc1cc(/C=N\NC(=O)c2ccc(N)cc2)c(C)n1C1CCCCC1. The van der Waals surface area contributed by atoms with Crippen LogP contribution in [-0.4, -0.2) is 16.7 Å². The van der Waals surface area contributed by atoms with Crippen LogP contribution in [0.4, 0.5) is 5.69 Å². The Balaban J connectivity index is 1.69. The molecule has 25 heavy (non-hydrogen) atoms. The maximum Gasteiger partial charge on any atom is 0.271 e. The number of aromatic nitrogens is 1. The lowest BCUT2D eigenvalue weighted by Gasteiger charge is -2.26. The van der Waals surface area contributed by atoms with E-state index in [9.17, 15) is 4.79 Å². The number of hydrogen-bond acceptors (Lipinski definition) is 3. The average molecular weight is 338 g/mol. The van der Waals surface area contributed by atoms with Crippen molar-refractivity contribution < 1.29 is 4.79 Å². The molecule has 0 radical (unpaired) electrons. The van der Waals surface area contributed by atoms with Gasteiger partial charge in [0.25, 0.3) is 5.91 Å². The molecule has 1 fully saturated rings. The van der Waals surface area contributed by atoms with Gasteiger partial charge in [0.15, 0.2) is 0 Å². The normalized spacial score (nSPS) is 15.6. The first-order chi connectivity index (χ1) is 12.1. The van der Waals surface area contributed by atoms with Gasteiger partial charge in [-0.2, -0.15) is 5.10 Å². The van der Waals surface area contributed by atoms with Crippen molar-refractivity contribution in [2.24, 2.45) is 5.10 Å². The van der Waals surface area contributed by atoms with Gasteiger partial charge in [0, 0.05) is 34.2 Å². The molecule has 1 aliphatic rings. The maximum absolute atomic E-state index is 12.1. The first-order valence-corrected chi connectivity index (χ1v) is 8.93. The van der Waals surface area contributed by atoms with Crippen molar-refractivity contribution in [3.63, 3.8) is 0 Å². The van der Waals surface area contributed by atoms with E-state index in [0.29, 0.717) is 17.3 Å². The predicted molar refractivity (Wildman–Crippen MR) is 102 cm³/mol.